The second-order valence-corrected chi connectivity index (χ2v) is 4.02. The first-order valence-electron chi connectivity index (χ1n) is 5.82. The highest BCUT2D eigenvalue weighted by Gasteiger charge is 2.16. The highest BCUT2D eigenvalue weighted by atomic mass is 16.6. The fourth-order valence-corrected chi connectivity index (χ4v) is 1.34. The molecule has 0 fully saturated rings. The van der Waals surface area contributed by atoms with Crippen LogP contribution in [0.5, 0.6) is 0 Å². The third kappa shape index (κ3) is 3.85. The minimum absolute atomic E-state index is 0.00851. The Hall–Kier alpha value is -1.89. The number of hydrogen-bond donors (Lipinski definition) is 3. The Morgan fingerprint density at radius 1 is 1.50 bits per heavy atom. The molecule has 0 aliphatic heterocycles. The summed E-state index contributed by atoms with van der Waals surface area (Å²) in [6, 6.07) is 2.99. The quantitative estimate of drug-likeness (QED) is 0.503. The van der Waals surface area contributed by atoms with E-state index < -0.39 is 4.92 Å². The van der Waals surface area contributed by atoms with Crippen LogP contribution in [0.25, 0.3) is 0 Å². The molecule has 0 spiro atoms. The van der Waals surface area contributed by atoms with Gasteiger partial charge >= 0.3 is 5.69 Å². The van der Waals surface area contributed by atoms with E-state index in [2.05, 4.69) is 15.6 Å². The van der Waals surface area contributed by atoms with E-state index in [4.69, 9.17) is 5.11 Å². The van der Waals surface area contributed by atoms with Gasteiger partial charge in [0.25, 0.3) is 0 Å². The van der Waals surface area contributed by atoms with Crippen molar-refractivity contribution >= 4 is 17.3 Å². The van der Waals surface area contributed by atoms with Crippen molar-refractivity contribution in [3.05, 3.63) is 22.2 Å². The van der Waals surface area contributed by atoms with Crippen LogP contribution in [-0.2, 0) is 0 Å². The molecule has 3 N–H and O–H groups in total. The van der Waals surface area contributed by atoms with Crippen molar-refractivity contribution in [3.8, 4) is 0 Å². The van der Waals surface area contributed by atoms with Crippen LogP contribution < -0.4 is 10.6 Å². The third-order valence-electron chi connectivity index (χ3n) is 2.36. The van der Waals surface area contributed by atoms with Crippen molar-refractivity contribution in [1.29, 1.82) is 0 Å². The molecule has 0 saturated carbocycles. The smallest absolute Gasteiger partial charge is 0.311 e. The van der Waals surface area contributed by atoms with Gasteiger partial charge in [-0.3, -0.25) is 10.1 Å². The topological polar surface area (TPSA) is 100 Å². The molecule has 0 aliphatic carbocycles. The third-order valence-corrected chi connectivity index (χ3v) is 2.36. The Morgan fingerprint density at radius 2 is 2.22 bits per heavy atom. The van der Waals surface area contributed by atoms with Gasteiger partial charge < -0.3 is 15.7 Å². The molecule has 0 radical (unpaired) electrons. The van der Waals surface area contributed by atoms with E-state index in [0.29, 0.717) is 18.9 Å². The van der Waals surface area contributed by atoms with Crippen LogP contribution in [0.1, 0.15) is 13.8 Å². The predicted octanol–water partition coefficient (Wildman–Crippen LogP) is 1.46. The summed E-state index contributed by atoms with van der Waals surface area (Å²) in [5.41, 5.74) is -0.0678. The molecule has 7 nitrogen and oxygen atoms in total. The van der Waals surface area contributed by atoms with Crippen LogP contribution in [0.3, 0.4) is 0 Å². The molecule has 1 unspecified atom stereocenters. The van der Waals surface area contributed by atoms with E-state index in [9.17, 15) is 10.1 Å². The Morgan fingerprint density at radius 3 is 2.78 bits per heavy atom. The van der Waals surface area contributed by atoms with E-state index in [1.807, 2.05) is 13.8 Å². The number of hydrogen-bond acceptors (Lipinski definition) is 6. The number of nitrogens with one attached hydrogen (secondary N) is 2. The van der Waals surface area contributed by atoms with Crippen LogP contribution >= 0.6 is 0 Å². The summed E-state index contributed by atoms with van der Waals surface area (Å²) in [5.74, 6) is 0.815. The second kappa shape index (κ2) is 6.75. The van der Waals surface area contributed by atoms with Gasteiger partial charge in [-0.05, 0) is 18.9 Å². The summed E-state index contributed by atoms with van der Waals surface area (Å²) in [6.07, 6.45) is 0. The minimum Gasteiger partial charge on any atom is -0.396 e. The highest BCUT2D eigenvalue weighted by Crippen LogP contribution is 2.24. The lowest BCUT2D eigenvalue weighted by atomic mass is 10.2. The van der Waals surface area contributed by atoms with Gasteiger partial charge in [-0.25, -0.2) is 4.98 Å². The standard InChI is InChI=1S/C11H18N4O3/c1-3-12-10-5-4-9(15(17)18)11(14-10)13-6-8(2)7-16/h4-5,8,16H,3,6-7H2,1-2H3,(H2,12,13,14). The Balaban J connectivity index is 2.89. The number of rotatable bonds is 7. The zero-order valence-electron chi connectivity index (χ0n) is 10.5. The molecule has 1 rings (SSSR count). The van der Waals surface area contributed by atoms with Crippen LogP contribution in [0.2, 0.25) is 0 Å². The second-order valence-electron chi connectivity index (χ2n) is 4.02. The molecule has 1 atom stereocenters. The number of nitro groups is 1. The number of nitrogens with zero attached hydrogens (tertiary/aromatic N) is 2. The monoisotopic (exact) mass is 254 g/mol. The van der Waals surface area contributed by atoms with Crippen LogP contribution in [0, 0.1) is 16.0 Å². The number of aliphatic hydroxyl groups is 1. The molecule has 7 heteroatoms. The van der Waals surface area contributed by atoms with Gasteiger partial charge in [0.05, 0.1) is 4.92 Å². The zero-order chi connectivity index (χ0) is 13.5. The average Bonchev–Trinajstić information content (AvgIpc) is 2.36. The molecule has 1 aromatic rings. The number of anilines is 2. The Labute approximate surface area is 105 Å². The Bertz CT molecular complexity index is 411. The fourth-order valence-electron chi connectivity index (χ4n) is 1.34. The summed E-state index contributed by atoms with van der Waals surface area (Å²) < 4.78 is 0. The van der Waals surface area contributed by atoms with Gasteiger partial charge in [0.1, 0.15) is 5.82 Å². The highest BCUT2D eigenvalue weighted by molar-refractivity contribution is 5.60. The summed E-state index contributed by atoms with van der Waals surface area (Å²) in [6.45, 7) is 4.90. The molecule has 1 aromatic heterocycles. The molecule has 0 bridgehead atoms. The maximum absolute atomic E-state index is 10.9. The van der Waals surface area contributed by atoms with Crippen molar-refractivity contribution in [2.24, 2.45) is 5.92 Å². The van der Waals surface area contributed by atoms with Gasteiger partial charge in [0.2, 0.25) is 5.82 Å². The van der Waals surface area contributed by atoms with Crippen molar-refractivity contribution in [2.75, 3.05) is 30.3 Å². The number of aliphatic hydroxyl groups excluding tert-OH is 1. The molecule has 0 aromatic carbocycles. The van der Waals surface area contributed by atoms with Crippen LogP contribution in [0.15, 0.2) is 12.1 Å². The minimum atomic E-state index is -0.478. The number of aromatic nitrogens is 1. The van der Waals surface area contributed by atoms with Crippen molar-refractivity contribution < 1.29 is 10.0 Å². The molecule has 1 heterocycles. The lowest BCUT2D eigenvalue weighted by Gasteiger charge is -2.11. The summed E-state index contributed by atoms with van der Waals surface area (Å²) in [5, 5.41) is 25.7. The van der Waals surface area contributed by atoms with Crippen molar-refractivity contribution in [3.63, 3.8) is 0 Å². The average molecular weight is 254 g/mol. The van der Waals surface area contributed by atoms with Crippen molar-refractivity contribution in [1.82, 2.24) is 4.98 Å². The van der Waals surface area contributed by atoms with E-state index in [0.717, 1.165) is 0 Å². The van der Waals surface area contributed by atoms with Gasteiger partial charge in [-0.15, -0.1) is 0 Å². The van der Waals surface area contributed by atoms with E-state index >= 15 is 0 Å². The van der Waals surface area contributed by atoms with Gasteiger partial charge in [-0.2, -0.15) is 0 Å². The summed E-state index contributed by atoms with van der Waals surface area (Å²) in [4.78, 5) is 14.5. The zero-order valence-corrected chi connectivity index (χ0v) is 10.5. The lowest BCUT2D eigenvalue weighted by molar-refractivity contribution is -0.384. The van der Waals surface area contributed by atoms with Crippen LogP contribution in [0.4, 0.5) is 17.3 Å². The van der Waals surface area contributed by atoms with E-state index in [-0.39, 0.29) is 24.0 Å². The summed E-state index contributed by atoms with van der Waals surface area (Å²) in [7, 11) is 0. The molecular formula is C11H18N4O3. The first-order chi connectivity index (χ1) is 8.58. The first kappa shape index (κ1) is 14.2. The van der Waals surface area contributed by atoms with Crippen molar-refractivity contribution in [2.45, 2.75) is 13.8 Å². The van der Waals surface area contributed by atoms with E-state index in [1.165, 1.54) is 6.07 Å². The molecule has 0 saturated heterocycles. The molecule has 100 valence electrons. The lowest BCUT2D eigenvalue weighted by Crippen LogP contribution is -2.16. The molecule has 18 heavy (non-hydrogen) atoms. The summed E-state index contributed by atoms with van der Waals surface area (Å²) >= 11 is 0. The van der Waals surface area contributed by atoms with E-state index in [1.54, 1.807) is 6.07 Å². The molecular weight excluding hydrogens is 236 g/mol. The molecule has 0 amide bonds. The fraction of sp³-hybridized carbons (Fsp3) is 0.545. The maximum atomic E-state index is 10.9. The maximum Gasteiger partial charge on any atom is 0.311 e. The normalized spacial score (nSPS) is 11.9. The Kier molecular flexibility index (Phi) is 5.31. The largest absolute Gasteiger partial charge is 0.396 e. The van der Waals surface area contributed by atoms with Gasteiger partial charge in [-0.1, -0.05) is 6.92 Å². The van der Waals surface area contributed by atoms with Gasteiger partial charge in [0, 0.05) is 25.8 Å². The molecule has 0 aliphatic rings. The van der Waals surface area contributed by atoms with Gasteiger partial charge in [0.15, 0.2) is 0 Å². The SMILES string of the molecule is CCNc1ccc([N+](=O)[O-])c(NCC(C)CO)n1. The predicted molar refractivity (Wildman–Crippen MR) is 69.8 cm³/mol. The number of pyridine rings is 1. The first-order valence-corrected chi connectivity index (χ1v) is 5.82. The van der Waals surface area contributed by atoms with Crippen LogP contribution in [-0.4, -0.2) is 34.7 Å².